The van der Waals surface area contributed by atoms with E-state index in [1.54, 1.807) is 6.07 Å². The maximum atomic E-state index is 13.7. The zero-order valence-corrected chi connectivity index (χ0v) is 14.9. The van der Waals surface area contributed by atoms with Gasteiger partial charge in [-0.1, -0.05) is 52.0 Å². The minimum Gasteiger partial charge on any atom is -0.364 e. The number of hydrogen-bond donors (Lipinski definition) is 2. The van der Waals surface area contributed by atoms with Gasteiger partial charge in [-0.15, -0.1) is 0 Å². The SMILES string of the molecule is CC(C)Cc1ccc(-c2ccc(F)c(C(O)O)c2)cc1CC(C)C. The minimum absolute atomic E-state index is 0.0934. The van der Waals surface area contributed by atoms with Gasteiger partial charge in [-0.05, 0) is 59.1 Å². The smallest absolute Gasteiger partial charge is 0.181 e. The fourth-order valence-corrected chi connectivity index (χ4v) is 3.00. The van der Waals surface area contributed by atoms with E-state index in [1.165, 1.54) is 23.3 Å². The maximum absolute atomic E-state index is 13.7. The lowest BCUT2D eigenvalue weighted by Crippen LogP contribution is -2.04. The van der Waals surface area contributed by atoms with Crippen molar-refractivity contribution in [3.63, 3.8) is 0 Å². The number of aliphatic hydroxyl groups excluding tert-OH is 1. The molecule has 130 valence electrons. The van der Waals surface area contributed by atoms with Crippen molar-refractivity contribution < 1.29 is 14.6 Å². The molecule has 2 rings (SSSR count). The molecular weight excluding hydrogens is 303 g/mol. The number of halogens is 1. The van der Waals surface area contributed by atoms with Gasteiger partial charge in [0, 0.05) is 5.56 Å². The summed E-state index contributed by atoms with van der Waals surface area (Å²) in [5, 5.41) is 18.6. The van der Waals surface area contributed by atoms with Crippen LogP contribution >= 0.6 is 0 Å². The van der Waals surface area contributed by atoms with E-state index in [0.717, 1.165) is 24.0 Å². The van der Waals surface area contributed by atoms with Gasteiger partial charge in [-0.2, -0.15) is 0 Å². The molecule has 2 nitrogen and oxygen atoms in total. The van der Waals surface area contributed by atoms with Crippen LogP contribution in [0, 0.1) is 17.7 Å². The lowest BCUT2D eigenvalue weighted by molar-refractivity contribution is -0.0449. The van der Waals surface area contributed by atoms with E-state index >= 15 is 0 Å². The average molecular weight is 330 g/mol. The van der Waals surface area contributed by atoms with Crippen LogP contribution in [0.4, 0.5) is 4.39 Å². The number of hydrogen-bond acceptors (Lipinski definition) is 2. The molecule has 0 spiro atoms. The molecule has 0 atom stereocenters. The van der Waals surface area contributed by atoms with Gasteiger partial charge in [0.25, 0.3) is 0 Å². The molecule has 0 aliphatic rings. The summed E-state index contributed by atoms with van der Waals surface area (Å²) in [6.07, 6.45) is 0.221. The van der Waals surface area contributed by atoms with Crippen molar-refractivity contribution in [3.8, 4) is 11.1 Å². The number of aliphatic hydroxyl groups is 2. The van der Waals surface area contributed by atoms with Crippen LogP contribution in [0.2, 0.25) is 0 Å². The van der Waals surface area contributed by atoms with E-state index in [1.807, 2.05) is 6.07 Å². The Morgan fingerprint density at radius 2 is 1.33 bits per heavy atom. The van der Waals surface area contributed by atoms with E-state index < -0.39 is 12.1 Å². The van der Waals surface area contributed by atoms with Crippen molar-refractivity contribution >= 4 is 0 Å². The summed E-state index contributed by atoms with van der Waals surface area (Å²) in [5.74, 6) is 0.533. The van der Waals surface area contributed by atoms with Crippen molar-refractivity contribution in [2.75, 3.05) is 0 Å². The van der Waals surface area contributed by atoms with E-state index in [0.29, 0.717) is 11.8 Å². The van der Waals surface area contributed by atoms with E-state index in [9.17, 15) is 14.6 Å². The summed E-state index contributed by atoms with van der Waals surface area (Å²) in [4.78, 5) is 0. The molecule has 0 aliphatic carbocycles. The minimum atomic E-state index is -1.81. The third kappa shape index (κ3) is 4.65. The molecule has 0 saturated heterocycles. The van der Waals surface area contributed by atoms with Gasteiger partial charge < -0.3 is 10.2 Å². The molecule has 0 unspecified atom stereocenters. The van der Waals surface area contributed by atoms with Gasteiger partial charge in [-0.25, -0.2) is 4.39 Å². The Hall–Kier alpha value is -1.71. The molecule has 0 radical (unpaired) electrons. The number of benzene rings is 2. The second-order valence-corrected chi connectivity index (χ2v) is 7.29. The Morgan fingerprint density at radius 3 is 1.92 bits per heavy atom. The van der Waals surface area contributed by atoms with Crippen LogP contribution in [-0.2, 0) is 12.8 Å². The predicted octanol–water partition coefficient (Wildman–Crippen LogP) is 4.87. The van der Waals surface area contributed by atoms with E-state index in [4.69, 9.17) is 0 Å². The lowest BCUT2D eigenvalue weighted by Gasteiger charge is -2.16. The van der Waals surface area contributed by atoms with Crippen molar-refractivity contribution in [1.29, 1.82) is 0 Å². The van der Waals surface area contributed by atoms with Crippen molar-refractivity contribution in [1.82, 2.24) is 0 Å². The Bertz CT molecular complexity index is 690. The Kier molecular flexibility index (Phi) is 6.14. The van der Waals surface area contributed by atoms with Gasteiger partial charge in [0.1, 0.15) is 5.82 Å². The molecule has 2 N–H and O–H groups in total. The average Bonchev–Trinajstić information content (AvgIpc) is 2.48. The highest BCUT2D eigenvalue weighted by Crippen LogP contribution is 2.28. The molecule has 0 bridgehead atoms. The van der Waals surface area contributed by atoms with Crippen molar-refractivity contribution in [3.05, 3.63) is 58.9 Å². The topological polar surface area (TPSA) is 40.5 Å². The molecule has 2 aromatic rings. The molecule has 0 aromatic heterocycles. The third-order valence-corrected chi connectivity index (χ3v) is 4.07. The zero-order chi connectivity index (χ0) is 17.9. The molecule has 0 saturated carbocycles. The molecular formula is C21H27FO2. The molecule has 2 aromatic carbocycles. The standard InChI is InChI=1S/C21H27FO2/c1-13(2)9-15-5-6-16(11-18(15)10-14(3)4)17-7-8-20(22)19(12-17)21(23)24/h5-8,11-14,21,23-24H,9-10H2,1-4H3. The summed E-state index contributed by atoms with van der Waals surface area (Å²) in [7, 11) is 0. The fourth-order valence-electron chi connectivity index (χ4n) is 3.00. The maximum Gasteiger partial charge on any atom is 0.181 e. The summed E-state index contributed by atoms with van der Waals surface area (Å²) in [6, 6.07) is 10.8. The molecule has 0 aliphatic heterocycles. The molecule has 0 heterocycles. The van der Waals surface area contributed by atoms with Crippen LogP contribution in [0.1, 0.15) is 50.7 Å². The highest BCUT2D eigenvalue weighted by molar-refractivity contribution is 5.66. The van der Waals surface area contributed by atoms with Gasteiger partial charge in [-0.3, -0.25) is 0 Å². The molecule has 3 heteroatoms. The Balaban J connectivity index is 2.45. The summed E-state index contributed by atoms with van der Waals surface area (Å²) >= 11 is 0. The fraction of sp³-hybridized carbons (Fsp3) is 0.429. The van der Waals surface area contributed by atoms with E-state index in [-0.39, 0.29) is 5.56 Å². The summed E-state index contributed by atoms with van der Waals surface area (Å²) < 4.78 is 13.7. The molecule has 0 amide bonds. The first-order valence-electron chi connectivity index (χ1n) is 8.55. The van der Waals surface area contributed by atoms with Crippen LogP contribution in [0.5, 0.6) is 0 Å². The van der Waals surface area contributed by atoms with Crippen molar-refractivity contribution in [2.24, 2.45) is 11.8 Å². The van der Waals surface area contributed by atoms with Gasteiger partial charge in [0.2, 0.25) is 0 Å². The first-order valence-corrected chi connectivity index (χ1v) is 8.55. The van der Waals surface area contributed by atoms with Crippen LogP contribution < -0.4 is 0 Å². The Morgan fingerprint density at radius 1 is 0.792 bits per heavy atom. The molecule has 24 heavy (non-hydrogen) atoms. The van der Waals surface area contributed by atoms with Crippen LogP contribution in [-0.4, -0.2) is 10.2 Å². The van der Waals surface area contributed by atoms with Crippen molar-refractivity contribution in [2.45, 2.75) is 46.8 Å². The quantitative estimate of drug-likeness (QED) is 0.742. The monoisotopic (exact) mass is 330 g/mol. The Labute approximate surface area is 144 Å². The van der Waals surface area contributed by atoms with Gasteiger partial charge >= 0.3 is 0 Å². The van der Waals surface area contributed by atoms with E-state index in [2.05, 4.69) is 39.8 Å². The summed E-state index contributed by atoms with van der Waals surface area (Å²) in [5.41, 5.74) is 4.34. The second kappa shape index (κ2) is 7.91. The van der Waals surface area contributed by atoms with Gasteiger partial charge in [0.05, 0.1) is 0 Å². The van der Waals surface area contributed by atoms with Crippen LogP contribution in [0.25, 0.3) is 11.1 Å². The normalized spacial score (nSPS) is 11.8. The number of rotatable bonds is 6. The first-order chi connectivity index (χ1) is 11.3. The lowest BCUT2D eigenvalue weighted by atomic mass is 9.90. The summed E-state index contributed by atoms with van der Waals surface area (Å²) in [6.45, 7) is 8.82. The van der Waals surface area contributed by atoms with Gasteiger partial charge in [0.15, 0.2) is 6.29 Å². The second-order valence-electron chi connectivity index (χ2n) is 7.29. The zero-order valence-electron chi connectivity index (χ0n) is 14.9. The van der Waals surface area contributed by atoms with Crippen LogP contribution in [0.15, 0.2) is 36.4 Å². The highest BCUT2D eigenvalue weighted by Gasteiger charge is 2.13. The van der Waals surface area contributed by atoms with Crippen LogP contribution in [0.3, 0.4) is 0 Å². The molecule has 0 fully saturated rings. The highest BCUT2D eigenvalue weighted by atomic mass is 19.1. The largest absolute Gasteiger partial charge is 0.364 e. The third-order valence-electron chi connectivity index (χ3n) is 4.07. The first kappa shape index (κ1) is 18.6. The predicted molar refractivity (Wildman–Crippen MR) is 96.1 cm³/mol.